The van der Waals surface area contributed by atoms with Crippen LogP contribution in [0.4, 0.5) is 0 Å². The zero-order valence-corrected chi connectivity index (χ0v) is 21.3. The highest BCUT2D eigenvalue weighted by Crippen LogP contribution is 2.67. The van der Waals surface area contributed by atoms with Crippen molar-refractivity contribution in [2.24, 2.45) is 17.8 Å². The molecule has 0 radical (unpaired) electrons. The van der Waals surface area contributed by atoms with E-state index in [1.165, 1.54) is 6.08 Å². The molecule has 3 aliphatic heterocycles. The van der Waals surface area contributed by atoms with Crippen LogP contribution in [0, 0.1) is 17.8 Å². The van der Waals surface area contributed by atoms with Gasteiger partial charge in [0, 0.05) is 17.3 Å². The topological polar surface area (TPSA) is 87.2 Å². The van der Waals surface area contributed by atoms with Crippen LogP contribution in [0.3, 0.4) is 0 Å². The Kier molecular flexibility index (Phi) is 7.39. The van der Waals surface area contributed by atoms with Crippen molar-refractivity contribution in [3.63, 3.8) is 0 Å². The van der Waals surface area contributed by atoms with Crippen LogP contribution in [0.2, 0.25) is 0 Å². The van der Waals surface area contributed by atoms with Crippen molar-refractivity contribution < 1.29 is 24.2 Å². The molecule has 7 nitrogen and oxygen atoms in total. The Balaban J connectivity index is 2.12. The normalized spacial score (nSPS) is 31.5. The second-order valence-electron chi connectivity index (χ2n) is 10.6. The average molecular weight is 479 g/mol. The number of carbonyl (C=O) groups excluding carboxylic acids is 3. The predicted octanol–water partition coefficient (Wildman–Crippen LogP) is 2.64. The first-order valence-electron chi connectivity index (χ1n) is 11.8. The molecule has 2 unspecified atom stereocenters. The molecule has 1 N–H and O–H groups in total. The quantitative estimate of drug-likeness (QED) is 0.405. The molecular weight excluding hydrogens is 440 g/mol. The molecule has 2 bridgehead atoms. The summed E-state index contributed by atoms with van der Waals surface area (Å²) >= 11 is 1.60. The number of thioether (sulfide) groups is 1. The molecule has 6 atom stereocenters. The summed E-state index contributed by atoms with van der Waals surface area (Å²) in [6.45, 7) is 17.4. The average Bonchev–Trinajstić information content (AvgIpc) is 3.37. The van der Waals surface area contributed by atoms with Gasteiger partial charge in [0.2, 0.25) is 11.8 Å². The number of ether oxygens (including phenoxy) is 1. The summed E-state index contributed by atoms with van der Waals surface area (Å²) in [7, 11) is 0. The van der Waals surface area contributed by atoms with E-state index in [9.17, 15) is 19.5 Å². The monoisotopic (exact) mass is 478 g/mol. The van der Waals surface area contributed by atoms with Gasteiger partial charge in [0.15, 0.2) is 0 Å². The molecule has 3 saturated heterocycles. The Labute approximate surface area is 201 Å². The first-order chi connectivity index (χ1) is 15.5. The van der Waals surface area contributed by atoms with E-state index in [1.54, 1.807) is 27.6 Å². The van der Waals surface area contributed by atoms with Gasteiger partial charge in [-0.15, -0.1) is 18.3 Å². The minimum atomic E-state index is -0.749. The molecule has 0 aromatic heterocycles. The summed E-state index contributed by atoms with van der Waals surface area (Å²) in [4.78, 5) is 44.6. The highest BCUT2D eigenvalue weighted by molar-refractivity contribution is 8.02. The minimum Gasteiger partial charge on any atom is -0.461 e. The van der Waals surface area contributed by atoms with Crippen LogP contribution in [0.1, 0.15) is 47.5 Å². The van der Waals surface area contributed by atoms with Crippen molar-refractivity contribution in [1.82, 2.24) is 9.80 Å². The molecule has 8 heteroatoms. The summed E-state index contributed by atoms with van der Waals surface area (Å²) in [6, 6.07) is -1.26. The Morgan fingerprint density at radius 3 is 2.52 bits per heavy atom. The standard InChI is InChI=1S/C25H38N2O5S/c1-8-12-26(24(5,6)7)22(30)20-25-11-10-17(33-25)18(23(31)32-13-9-2)19(25)21(29)27(20)16(14-28)15(3)4/h8-9,15-20,28H,1-2,10-14H2,3-7H3/t16-,17-,18+,19-,20?,25?/m0/s1. The van der Waals surface area contributed by atoms with Gasteiger partial charge in [0.25, 0.3) is 0 Å². The van der Waals surface area contributed by atoms with Crippen LogP contribution in [0.15, 0.2) is 25.3 Å². The lowest BCUT2D eigenvalue weighted by atomic mass is 9.71. The van der Waals surface area contributed by atoms with Crippen LogP contribution in [0.25, 0.3) is 0 Å². The van der Waals surface area contributed by atoms with Crippen molar-refractivity contribution in [2.45, 2.75) is 75.1 Å². The number of hydrogen-bond donors (Lipinski definition) is 1. The van der Waals surface area contributed by atoms with Gasteiger partial charge in [-0.1, -0.05) is 32.6 Å². The number of hydrogen-bond acceptors (Lipinski definition) is 6. The lowest BCUT2D eigenvalue weighted by molar-refractivity contribution is -0.154. The fourth-order valence-electron chi connectivity index (χ4n) is 5.82. The summed E-state index contributed by atoms with van der Waals surface area (Å²) in [5, 5.41) is 10.2. The number of amides is 2. The van der Waals surface area contributed by atoms with E-state index in [-0.39, 0.29) is 36.2 Å². The van der Waals surface area contributed by atoms with Gasteiger partial charge in [0.05, 0.1) is 29.2 Å². The second-order valence-corrected chi connectivity index (χ2v) is 12.2. The van der Waals surface area contributed by atoms with Crippen LogP contribution in [-0.2, 0) is 19.1 Å². The number of esters is 1. The lowest BCUT2D eigenvalue weighted by Crippen LogP contribution is -2.61. The zero-order chi connectivity index (χ0) is 24.7. The van der Waals surface area contributed by atoms with E-state index in [1.807, 2.05) is 34.6 Å². The van der Waals surface area contributed by atoms with Crippen LogP contribution in [-0.4, -0.2) is 80.1 Å². The van der Waals surface area contributed by atoms with Gasteiger partial charge in [-0.2, -0.15) is 0 Å². The van der Waals surface area contributed by atoms with Crippen molar-refractivity contribution in [3.8, 4) is 0 Å². The van der Waals surface area contributed by atoms with E-state index in [0.29, 0.717) is 13.0 Å². The summed E-state index contributed by atoms with van der Waals surface area (Å²) < 4.78 is 4.68. The molecule has 0 aromatic rings. The number of carbonyl (C=O) groups is 3. The number of aliphatic hydroxyl groups excluding tert-OH is 1. The third-order valence-electron chi connectivity index (χ3n) is 7.29. The number of rotatable bonds is 9. The molecule has 0 aromatic carbocycles. The number of likely N-dealkylation sites (tertiary alicyclic amines) is 1. The molecule has 3 heterocycles. The fourth-order valence-corrected chi connectivity index (χ4v) is 8.01. The molecule has 3 aliphatic rings. The molecule has 184 valence electrons. The largest absolute Gasteiger partial charge is 0.461 e. The van der Waals surface area contributed by atoms with Crippen molar-refractivity contribution in [1.29, 1.82) is 0 Å². The van der Waals surface area contributed by atoms with Crippen LogP contribution in [0.5, 0.6) is 0 Å². The van der Waals surface area contributed by atoms with Gasteiger partial charge in [-0.05, 0) is 39.5 Å². The zero-order valence-electron chi connectivity index (χ0n) is 20.5. The summed E-state index contributed by atoms with van der Waals surface area (Å²) in [5.74, 6) is -2.05. The third kappa shape index (κ3) is 4.14. The Morgan fingerprint density at radius 2 is 2.00 bits per heavy atom. The molecule has 2 amide bonds. The molecule has 3 rings (SSSR count). The van der Waals surface area contributed by atoms with Gasteiger partial charge >= 0.3 is 5.97 Å². The van der Waals surface area contributed by atoms with Crippen molar-refractivity contribution >= 4 is 29.5 Å². The fraction of sp³-hybridized carbons (Fsp3) is 0.720. The van der Waals surface area contributed by atoms with E-state index in [4.69, 9.17) is 4.74 Å². The Hall–Kier alpha value is -1.80. The number of nitrogens with zero attached hydrogens (tertiary/aromatic N) is 2. The summed E-state index contributed by atoms with van der Waals surface area (Å²) in [5.41, 5.74) is -0.481. The van der Waals surface area contributed by atoms with E-state index in [2.05, 4.69) is 13.2 Å². The SMILES string of the molecule is C=CCOC(=O)[C@@H]1[C@@H]2CCC3(S2)C(C(=O)N(CC=C)C(C)(C)C)N([C@@H](CO)C(C)C)C(=O)[C@H]13. The molecule has 0 aliphatic carbocycles. The van der Waals surface area contributed by atoms with Crippen LogP contribution < -0.4 is 0 Å². The number of fused-ring (bicyclic) bond motifs is 1. The van der Waals surface area contributed by atoms with E-state index in [0.717, 1.165) is 6.42 Å². The Bertz CT molecular complexity index is 822. The maximum atomic E-state index is 14.2. The Morgan fingerprint density at radius 1 is 1.33 bits per heavy atom. The highest BCUT2D eigenvalue weighted by atomic mass is 32.2. The predicted molar refractivity (Wildman–Crippen MR) is 129 cm³/mol. The first-order valence-corrected chi connectivity index (χ1v) is 12.6. The number of aliphatic hydroxyl groups is 1. The smallest absolute Gasteiger partial charge is 0.311 e. The molecular formula is C25H38N2O5S. The maximum Gasteiger partial charge on any atom is 0.311 e. The highest BCUT2D eigenvalue weighted by Gasteiger charge is 2.75. The van der Waals surface area contributed by atoms with Gasteiger partial charge in [-0.25, -0.2) is 0 Å². The minimum absolute atomic E-state index is 0.0529. The molecule has 3 fully saturated rings. The van der Waals surface area contributed by atoms with E-state index < -0.39 is 40.2 Å². The van der Waals surface area contributed by atoms with Crippen molar-refractivity contribution in [2.75, 3.05) is 19.8 Å². The third-order valence-corrected chi connectivity index (χ3v) is 9.24. The van der Waals surface area contributed by atoms with Gasteiger partial charge in [-0.3, -0.25) is 14.4 Å². The van der Waals surface area contributed by atoms with Gasteiger partial charge in [0.1, 0.15) is 12.6 Å². The maximum absolute atomic E-state index is 14.2. The first kappa shape index (κ1) is 25.8. The van der Waals surface area contributed by atoms with E-state index >= 15 is 0 Å². The van der Waals surface area contributed by atoms with Gasteiger partial charge < -0.3 is 19.6 Å². The van der Waals surface area contributed by atoms with Crippen molar-refractivity contribution in [3.05, 3.63) is 25.3 Å². The molecule has 1 spiro atoms. The summed E-state index contributed by atoms with van der Waals surface area (Å²) in [6.07, 6.45) is 4.64. The second kappa shape index (κ2) is 9.45. The molecule has 0 saturated carbocycles. The van der Waals surface area contributed by atoms with Crippen LogP contribution >= 0.6 is 11.8 Å². The lowest BCUT2D eigenvalue weighted by Gasteiger charge is -2.44. The molecule has 33 heavy (non-hydrogen) atoms.